The van der Waals surface area contributed by atoms with Crippen molar-refractivity contribution in [2.24, 2.45) is 0 Å². The summed E-state index contributed by atoms with van der Waals surface area (Å²) in [6, 6.07) is 0.316. The first-order valence-electron chi connectivity index (χ1n) is 5.16. The van der Waals surface area contributed by atoms with Gasteiger partial charge in [0.15, 0.2) is 0 Å². The van der Waals surface area contributed by atoms with Crippen LogP contribution in [-0.2, 0) is 4.79 Å². The van der Waals surface area contributed by atoms with Gasteiger partial charge in [0.1, 0.15) is 0 Å². The second kappa shape index (κ2) is 6.04. The van der Waals surface area contributed by atoms with Gasteiger partial charge in [-0.25, -0.2) is 0 Å². The maximum Gasteiger partial charge on any atom is 0.317 e. The van der Waals surface area contributed by atoms with E-state index < -0.39 is 5.97 Å². The maximum atomic E-state index is 10.7. The highest BCUT2D eigenvalue weighted by Crippen LogP contribution is 2.28. The van der Waals surface area contributed by atoms with E-state index in [1.54, 1.807) is 0 Å². The summed E-state index contributed by atoms with van der Waals surface area (Å²) in [6.07, 6.45) is 7.48. The average molecular weight is 227 g/mol. The smallest absolute Gasteiger partial charge is 0.317 e. The highest BCUT2D eigenvalue weighted by atomic mass is 32.2. The number of rotatable bonds is 4. The number of aliphatic carboxylic acids is 1. The summed E-state index contributed by atoms with van der Waals surface area (Å²) in [7, 11) is 0. The number of carboxylic acids is 1. The third kappa shape index (κ3) is 3.77. The Morgan fingerprint density at radius 2 is 2.47 bits per heavy atom. The third-order valence-corrected chi connectivity index (χ3v) is 4.03. The first-order chi connectivity index (χ1) is 7.15. The molecule has 0 saturated carbocycles. The zero-order valence-electron chi connectivity index (χ0n) is 8.98. The van der Waals surface area contributed by atoms with Crippen LogP contribution in [0, 0.1) is 12.3 Å². The van der Waals surface area contributed by atoms with Crippen LogP contribution in [0.5, 0.6) is 0 Å². The first-order valence-corrected chi connectivity index (χ1v) is 6.21. The van der Waals surface area contributed by atoms with E-state index in [1.165, 1.54) is 5.75 Å². The van der Waals surface area contributed by atoms with Crippen molar-refractivity contribution in [2.45, 2.75) is 31.1 Å². The van der Waals surface area contributed by atoms with E-state index in [0.29, 0.717) is 17.8 Å². The predicted octanol–water partition coefficient (Wildman–Crippen LogP) is 1.29. The Labute approximate surface area is 95.2 Å². The van der Waals surface area contributed by atoms with Gasteiger partial charge in [-0.15, -0.1) is 6.42 Å². The summed E-state index contributed by atoms with van der Waals surface area (Å²) < 4.78 is 0. The molecular weight excluding hydrogens is 210 g/mol. The van der Waals surface area contributed by atoms with E-state index in [4.69, 9.17) is 11.5 Å². The molecule has 1 rings (SSSR count). The molecule has 0 aromatic carbocycles. The van der Waals surface area contributed by atoms with Gasteiger partial charge in [-0.05, 0) is 18.6 Å². The summed E-state index contributed by atoms with van der Waals surface area (Å²) >= 11 is 1.90. The van der Waals surface area contributed by atoms with Gasteiger partial charge in [0, 0.05) is 11.3 Å². The highest BCUT2D eigenvalue weighted by molar-refractivity contribution is 7.99. The molecule has 4 heteroatoms. The van der Waals surface area contributed by atoms with Gasteiger partial charge >= 0.3 is 5.97 Å². The molecule has 1 N–H and O–H groups in total. The van der Waals surface area contributed by atoms with Crippen molar-refractivity contribution in [3.63, 3.8) is 0 Å². The normalized spacial score (nSPS) is 26.2. The molecule has 2 atom stereocenters. The molecule has 1 fully saturated rings. The molecule has 0 radical (unpaired) electrons. The summed E-state index contributed by atoms with van der Waals surface area (Å²) in [5.41, 5.74) is 0. The molecule has 3 nitrogen and oxygen atoms in total. The van der Waals surface area contributed by atoms with Gasteiger partial charge in [-0.1, -0.05) is 12.8 Å². The maximum absolute atomic E-state index is 10.7. The van der Waals surface area contributed by atoms with Crippen LogP contribution in [0.2, 0.25) is 0 Å². The van der Waals surface area contributed by atoms with Crippen molar-refractivity contribution in [1.82, 2.24) is 4.90 Å². The summed E-state index contributed by atoms with van der Waals surface area (Å²) in [6.45, 7) is 2.64. The van der Waals surface area contributed by atoms with Crippen molar-refractivity contribution in [3.05, 3.63) is 0 Å². The fraction of sp³-hybridized carbons (Fsp3) is 0.727. The topological polar surface area (TPSA) is 40.5 Å². The van der Waals surface area contributed by atoms with E-state index in [-0.39, 0.29) is 6.54 Å². The Hall–Kier alpha value is -0.660. The minimum absolute atomic E-state index is 0.0553. The van der Waals surface area contributed by atoms with Gasteiger partial charge in [-0.3, -0.25) is 9.69 Å². The van der Waals surface area contributed by atoms with Crippen molar-refractivity contribution < 1.29 is 9.90 Å². The summed E-state index contributed by atoms with van der Waals surface area (Å²) in [5.74, 6) is 2.92. The van der Waals surface area contributed by atoms with Crippen molar-refractivity contribution in [3.8, 4) is 12.3 Å². The van der Waals surface area contributed by atoms with E-state index in [2.05, 4.69) is 12.8 Å². The van der Waals surface area contributed by atoms with Crippen LogP contribution < -0.4 is 0 Å². The molecule has 0 aromatic rings. The fourth-order valence-electron chi connectivity index (χ4n) is 1.97. The van der Waals surface area contributed by atoms with E-state index in [9.17, 15) is 4.79 Å². The number of thioether (sulfide) groups is 1. The number of terminal acetylenes is 1. The Morgan fingerprint density at radius 1 is 1.73 bits per heavy atom. The van der Waals surface area contributed by atoms with Crippen LogP contribution in [0.1, 0.15) is 19.8 Å². The minimum Gasteiger partial charge on any atom is -0.480 e. The van der Waals surface area contributed by atoms with Gasteiger partial charge in [-0.2, -0.15) is 11.8 Å². The predicted molar refractivity (Wildman–Crippen MR) is 63.0 cm³/mol. The minimum atomic E-state index is -0.798. The van der Waals surface area contributed by atoms with Crippen LogP contribution >= 0.6 is 11.8 Å². The molecule has 15 heavy (non-hydrogen) atoms. The second-order valence-corrected chi connectivity index (χ2v) is 5.27. The Morgan fingerprint density at radius 3 is 3.00 bits per heavy atom. The molecule has 0 aromatic heterocycles. The zero-order chi connectivity index (χ0) is 11.3. The zero-order valence-corrected chi connectivity index (χ0v) is 9.80. The molecule has 0 bridgehead atoms. The van der Waals surface area contributed by atoms with Crippen LogP contribution in [-0.4, -0.2) is 46.1 Å². The van der Waals surface area contributed by atoms with E-state index in [0.717, 1.165) is 12.8 Å². The SMILES string of the molecule is C#CCN(CC(=O)O)C1CCCSC1C. The van der Waals surface area contributed by atoms with Crippen molar-refractivity contribution >= 4 is 17.7 Å². The lowest BCUT2D eigenvalue weighted by Crippen LogP contribution is -2.45. The standard InChI is InChI=1S/C11H17NO2S/c1-3-6-12(8-11(13)14)10-5-4-7-15-9(10)2/h1,9-10H,4-8H2,2H3,(H,13,14). The molecule has 1 aliphatic rings. The quantitative estimate of drug-likeness (QED) is 0.735. The third-order valence-electron chi connectivity index (χ3n) is 2.67. The number of carbonyl (C=O) groups is 1. The second-order valence-electron chi connectivity index (χ2n) is 3.79. The monoisotopic (exact) mass is 227 g/mol. The lowest BCUT2D eigenvalue weighted by atomic mass is 10.1. The molecule has 1 heterocycles. The van der Waals surface area contributed by atoms with Crippen LogP contribution in [0.4, 0.5) is 0 Å². The Kier molecular flexibility index (Phi) is 5.00. The molecule has 0 spiro atoms. The van der Waals surface area contributed by atoms with Crippen LogP contribution in [0.3, 0.4) is 0 Å². The van der Waals surface area contributed by atoms with Crippen molar-refractivity contribution in [2.75, 3.05) is 18.8 Å². The van der Waals surface area contributed by atoms with Crippen LogP contribution in [0.25, 0.3) is 0 Å². The Bertz CT molecular complexity index is 262. The van der Waals surface area contributed by atoms with E-state index in [1.807, 2.05) is 16.7 Å². The number of nitrogens with zero attached hydrogens (tertiary/aromatic N) is 1. The lowest BCUT2D eigenvalue weighted by molar-refractivity contribution is -0.138. The number of hydrogen-bond acceptors (Lipinski definition) is 3. The largest absolute Gasteiger partial charge is 0.480 e. The molecule has 0 amide bonds. The Balaban J connectivity index is 2.60. The number of carboxylic acid groups (broad SMARTS) is 1. The first kappa shape index (κ1) is 12.4. The summed E-state index contributed by atoms with van der Waals surface area (Å²) in [4.78, 5) is 12.6. The molecule has 1 saturated heterocycles. The van der Waals surface area contributed by atoms with Gasteiger partial charge in [0.25, 0.3) is 0 Å². The van der Waals surface area contributed by atoms with E-state index >= 15 is 0 Å². The number of hydrogen-bond donors (Lipinski definition) is 1. The highest BCUT2D eigenvalue weighted by Gasteiger charge is 2.28. The fourth-order valence-corrected chi connectivity index (χ4v) is 3.20. The molecule has 0 aliphatic carbocycles. The van der Waals surface area contributed by atoms with Gasteiger partial charge < -0.3 is 5.11 Å². The molecule has 1 aliphatic heterocycles. The van der Waals surface area contributed by atoms with Gasteiger partial charge in [0.05, 0.1) is 13.1 Å². The average Bonchev–Trinajstić information content (AvgIpc) is 2.17. The molecule has 84 valence electrons. The van der Waals surface area contributed by atoms with Crippen molar-refractivity contribution in [1.29, 1.82) is 0 Å². The summed E-state index contributed by atoms with van der Waals surface area (Å²) in [5, 5.41) is 9.29. The lowest BCUT2D eigenvalue weighted by Gasteiger charge is -2.36. The molecular formula is C11H17NO2S. The van der Waals surface area contributed by atoms with Crippen LogP contribution in [0.15, 0.2) is 0 Å². The van der Waals surface area contributed by atoms with Gasteiger partial charge in [0.2, 0.25) is 0 Å². The molecule has 2 unspecified atom stereocenters.